The summed E-state index contributed by atoms with van der Waals surface area (Å²) < 4.78 is 0. The molecule has 21 heavy (non-hydrogen) atoms. The molecule has 0 spiro atoms. The molecular weight excluding hydrogens is 264 g/mol. The summed E-state index contributed by atoms with van der Waals surface area (Å²) >= 11 is 0. The molecule has 2 bridgehead atoms. The van der Waals surface area contributed by atoms with Crippen molar-refractivity contribution in [3.63, 3.8) is 0 Å². The average Bonchev–Trinajstić information content (AvgIpc) is 2.73. The van der Waals surface area contributed by atoms with E-state index in [1.807, 2.05) is 12.1 Å². The Morgan fingerprint density at radius 2 is 1.86 bits per heavy atom. The molecule has 1 aromatic carbocycles. The van der Waals surface area contributed by atoms with Crippen LogP contribution in [0.1, 0.15) is 38.2 Å². The van der Waals surface area contributed by atoms with Crippen molar-refractivity contribution >= 4 is 5.91 Å². The maximum atomic E-state index is 11.7. The van der Waals surface area contributed by atoms with Crippen LogP contribution in [0.5, 0.6) is 5.75 Å². The molecule has 0 aliphatic carbocycles. The van der Waals surface area contributed by atoms with Gasteiger partial charge in [0.2, 0.25) is 5.91 Å². The van der Waals surface area contributed by atoms with E-state index in [2.05, 4.69) is 10.2 Å². The van der Waals surface area contributed by atoms with E-state index >= 15 is 0 Å². The van der Waals surface area contributed by atoms with Gasteiger partial charge in [0.05, 0.1) is 0 Å². The summed E-state index contributed by atoms with van der Waals surface area (Å²) in [5.41, 5.74) is 1.24. The van der Waals surface area contributed by atoms with E-state index in [1.54, 1.807) is 19.1 Å². The molecule has 2 aliphatic heterocycles. The minimum atomic E-state index is 0.241. The number of carbonyl (C=O) groups is 1. The van der Waals surface area contributed by atoms with Gasteiger partial charge in [-0.15, -0.1) is 0 Å². The second-order valence-corrected chi connectivity index (χ2v) is 6.35. The van der Waals surface area contributed by atoms with Gasteiger partial charge in [-0.1, -0.05) is 12.1 Å². The third-order valence-corrected chi connectivity index (χ3v) is 4.88. The Balaban J connectivity index is 1.47. The Bertz CT molecular complexity index is 486. The van der Waals surface area contributed by atoms with E-state index in [9.17, 15) is 9.90 Å². The zero-order valence-electron chi connectivity index (χ0n) is 12.6. The summed E-state index contributed by atoms with van der Waals surface area (Å²) in [6, 6.07) is 8.86. The van der Waals surface area contributed by atoms with Crippen LogP contribution in [0.4, 0.5) is 0 Å². The normalized spacial score (nSPS) is 27.9. The van der Waals surface area contributed by atoms with E-state index in [0.29, 0.717) is 23.9 Å². The molecule has 2 aliphatic rings. The van der Waals surface area contributed by atoms with Crippen molar-refractivity contribution in [2.24, 2.45) is 0 Å². The molecule has 2 heterocycles. The zero-order valence-corrected chi connectivity index (χ0v) is 12.6. The van der Waals surface area contributed by atoms with Crippen molar-refractivity contribution in [3.05, 3.63) is 29.8 Å². The minimum Gasteiger partial charge on any atom is -0.508 e. The average molecular weight is 288 g/mol. The highest BCUT2D eigenvalue weighted by atomic mass is 16.3. The highest BCUT2D eigenvalue weighted by Gasteiger charge is 2.41. The molecule has 3 rings (SSSR count). The summed E-state index contributed by atoms with van der Waals surface area (Å²) in [4.78, 5) is 13.8. The third kappa shape index (κ3) is 3.21. The number of phenols is 1. The Hall–Kier alpha value is -1.55. The summed E-state index contributed by atoms with van der Waals surface area (Å²) in [6.07, 6.45) is 5.49. The first kappa shape index (κ1) is 14.4. The van der Waals surface area contributed by atoms with E-state index < -0.39 is 0 Å². The summed E-state index contributed by atoms with van der Waals surface area (Å²) in [7, 11) is 0. The lowest BCUT2D eigenvalue weighted by Gasteiger charge is -2.38. The third-order valence-electron chi connectivity index (χ3n) is 4.88. The van der Waals surface area contributed by atoms with E-state index in [-0.39, 0.29) is 5.91 Å². The highest BCUT2D eigenvalue weighted by molar-refractivity contribution is 5.74. The van der Waals surface area contributed by atoms with Crippen molar-refractivity contribution in [1.82, 2.24) is 10.2 Å². The van der Waals surface area contributed by atoms with Crippen LogP contribution in [0.15, 0.2) is 24.3 Å². The van der Waals surface area contributed by atoms with Gasteiger partial charge in [-0.25, -0.2) is 0 Å². The molecule has 0 saturated carbocycles. The molecule has 1 amide bonds. The van der Waals surface area contributed by atoms with Crippen LogP contribution in [-0.4, -0.2) is 40.6 Å². The van der Waals surface area contributed by atoms with Gasteiger partial charge >= 0.3 is 0 Å². The van der Waals surface area contributed by atoms with E-state index in [4.69, 9.17) is 0 Å². The van der Waals surface area contributed by atoms with Crippen LogP contribution in [0.25, 0.3) is 0 Å². The number of nitrogens with one attached hydrogen (secondary N) is 1. The smallest absolute Gasteiger partial charge is 0.219 e. The Morgan fingerprint density at radius 3 is 2.43 bits per heavy atom. The molecule has 2 N–H and O–H groups in total. The molecule has 0 aromatic heterocycles. The molecule has 0 unspecified atom stereocenters. The SMILES string of the molecule is CC(=O)N1[C@@H]2CC[C@H]1C[C@H](NCCc1ccc(O)cc1)C2. The fourth-order valence-corrected chi connectivity index (χ4v) is 3.94. The molecule has 4 nitrogen and oxygen atoms in total. The van der Waals surface area contributed by atoms with Gasteiger partial charge in [0, 0.05) is 25.0 Å². The van der Waals surface area contributed by atoms with Crippen LogP contribution in [0.3, 0.4) is 0 Å². The number of phenolic OH excluding ortho intramolecular Hbond substituents is 1. The topological polar surface area (TPSA) is 52.6 Å². The predicted octanol–water partition coefficient (Wildman–Crippen LogP) is 2.07. The number of benzene rings is 1. The van der Waals surface area contributed by atoms with E-state index in [0.717, 1.165) is 25.8 Å². The second-order valence-electron chi connectivity index (χ2n) is 6.35. The molecule has 1 aromatic rings. The monoisotopic (exact) mass is 288 g/mol. The lowest BCUT2D eigenvalue weighted by Crippen LogP contribution is -2.51. The molecule has 114 valence electrons. The number of hydrogen-bond donors (Lipinski definition) is 2. The number of piperidine rings is 1. The van der Waals surface area contributed by atoms with Gasteiger partial charge in [-0.3, -0.25) is 4.79 Å². The van der Waals surface area contributed by atoms with Crippen molar-refractivity contribution in [3.8, 4) is 5.75 Å². The summed E-state index contributed by atoms with van der Waals surface area (Å²) in [5, 5.41) is 12.9. The van der Waals surface area contributed by atoms with Gasteiger partial charge in [0.25, 0.3) is 0 Å². The Morgan fingerprint density at radius 1 is 1.24 bits per heavy atom. The molecule has 2 fully saturated rings. The number of amides is 1. The largest absolute Gasteiger partial charge is 0.508 e. The first-order valence-electron chi connectivity index (χ1n) is 7.93. The zero-order chi connectivity index (χ0) is 14.8. The number of nitrogens with zero attached hydrogens (tertiary/aromatic N) is 1. The number of aromatic hydroxyl groups is 1. The molecule has 0 radical (unpaired) electrons. The minimum absolute atomic E-state index is 0.241. The number of fused-ring (bicyclic) bond motifs is 2. The van der Waals surface area contributed by atoms with Crippen LogP contribution < -0.4 is 5.32 Å². The number of rotatable bonds is 4. The Labute approximate surface area is 126 Å². The van der Waals surface area contributed by atoms with Gasteiger partial charge in [-0.2, -0.15) is 0 Å². The van der Waals surface area contributed by atoms with Crippen LogP contribution in [0.2, 0.25) is 0 Å². The van der Waals surface area contributed by atoms with Crippen molar-refractivity contribution in [1.29, 1.82) is 0 Å². The predicted molar refractivity (Wildman–Crippen MR) is 82.2 cm³/mol. The van der Waals surface area contributed by atoms with Crippen molar-refractivity contribution < 1.29 is 9.90 Å². The molecule has 4 heteroatoms. The fraction of sp³-hybridized carbons (Fsp3) is 0.588. The van der Waals surface area contributed by atoms with Crippen molar-refractivity contribution in [2.45, 2.75) is 57.2 Å². The lowest BCUT2D eigenvalue weighted by molar-refractivity contribution is -0.133. The Kier molecular flexibility index (Phi) is 4.15. The standard InChI is InChI=1S/C17H24N2O2/c1-12(20)19-15-4-5-16(19)11-14(10-15)18-9-8-13-2-6-17(21)7-3-13/h2-3,6-7,14-16,18,21H,4-5,8-11H2,1H3/t14-,15-,16+. The van der Waals surface area contributed by atoms with E-state index in [1.165, 1.54) is 18.4 Å². The number of carbonyl (C=O) groups excluding carboxylic acids is 1. The highest BCUT2D eigenvalue weighted by Crippen LogP contribution is 2.35. The van der Waals surface area contributed by atoms with Crippen LogP contribution in [-0.2, 0) is 11.2 Å². The second kappa shape index (κ2) is 6.06. The molecule has 3 atom stereocenters. The fourth-order valence-electron chi connectivity index (χ4n) is 3.94. The molecular formula is C17H24N2O2. The first-order valence-corrected chi connectivity index (χ1v) is 7.93. The quantitative estimate of drug-likeness (QED) is 0.892. The summed E-state index contributed by atoms with van der Waals surface area (Å²) in [5.74, 6) is 0.560. The van der Waals surface area contributed by atoms with Crippen LogP contribution >= 0.6 is 0 Å². The van der Waals surface area contributed by atoms with Gasteiger partial charge < -0.3 is 15.3 Å². The molecule has 2 saturated heterocycles. The van der Waals surface area contributed by atoms with Crippen molar-refractivity contribution in [2.75, 3.05) is 6.54 Å². The van der Waals surface area contributed by atoms with Gasteiger partial charge in [-0.05, 0) is 56.3 Å². The maximum Gasteiger partial charge on any atom is 0.219 e. The van der Waals surface area contributed by atoms with Gasteiger partial charge in [0.15, 0.2) is 0 Å². The van der Waals surface area contributed by atoms with Gasteiger partial charge in [0.1, 0.15) is 5.75 Å². The maximum absolute atomic E-state index is 11.7. The summed E-state index contributed by atoms with van der Waals surface area (Å²) in [6.45, 7) is 2.65. The number of hydrogen-bond acceptors (Lipinski definition) is 3. The first-order chi connectivity index (χ1) is 10.1. The lowest BCUT2D eigenvalue weighted by atomic mass is 9.97. The van der Waals surface area contributed by atoms with Crippen LogP contribution in [0, 0.1) is 0 Å².